The largest absolute Gasteiger partial charge is 0.462 e. The SMILES string of the molecule is CCCC/C=C\CCCCCCCC(=O)OC(CCCCC/C=C\CCCCC)CC(=O)NC(CO)C(O)CCCCCCCCCCCCCCC. The standard InChI is InChI=1S/C47H89NO5/c1-4-7-10-13-16-19-22-23-25-27-30-33-36-39-45(50)44(42-49)48-46(51)41-43(38-35-32-29-26-21-18-15-12-9-6-3)53-47(52)40-37-34-31-28-24-20-17-14-11-8-5-2/h14,17-18,21,43-45,49-50H,4-13,15-16,19-20,22-42H2,1-3H3,(H,48,51)/b17-14-,21-18-. The van der Waals surface area contributed by atoms with Gasteiger partial charge in [0.15, 0.2) is 0 Å². The molecule has 0 aliphatic carbocycles. The van der Waals surface area contributed by atoms with Crippen molar-refractivity contribution < 1.29 is 24.5 Å². The highest BCUT2D eigenvalue weighted by Gasteiger charge is 2.24. The molecule has 0 aliphatic heterocycles. The summed E-state index contributed by atoms with van der Waals surface area (Å²) in [7, 11) is 0. The van der Waals surface area contributed by atoms with Crippen molar-refractivity contribution in [3.8, 4) is 0 Å². The lowest BCUT2D eigenvalue weighted by molar-refractivity contribution is -0.151. The second-order valence-electron chi connectivity index (χ2n) is 15.8. The highest BCUT2D eigenvalue weighted by atomic mass is 16.5. The second kappa shape index (κ2) is 41.5. The minimum Gasteiger partial charge on any atom is -0.462 e. The van der Waals surface area contributed by atoms with Crippen molar-refractivity contribution in [1.29, 1.82) is 0 Å². The van der Waals surface area contributed by atoms with Crippen LogP contribution < -0.4 is 5.32 Å². The minimum atomic E-state index is -0.787. The molecule has 53 heavy (non-hydrogen) atoms. The highest BCUT2D eigenvalue weighted by molar-refractivity contribution is 5.77. The number of allylic oxidation sites excluding steroid dienone is 4. The molecule has 0 spiro atoms. The van der Waals surface area contributed by atoms with Gasteiger partial charge in [0.1, 0.15) is 6.10 Å². The smallest absolute Gasteiger partial charge is 0.306 e. The number of amides is 1. The van der Waals surface area contributed by atoms with E-state index in [4.69, 9.17) is 4.74 Å². The molecule has 0 heterocycles. The number of hydrogen-bond acceptors (Lipinski definition) is 5. The zero-order chi connectivity index (χ0) is 38.9. The third-order valence-corrected chi connectivity index (χ3v) is 10.5. The van der Waals surface area contributed by atoms with Crippen LogP contribution >= 0.6 is 0 Å². The summed E-state index contributed by atoms with van der Waals surface area (Å²) in [5, 5.41) is 23.6. The fraction of sp³-hybridized carbons (Fsp3) is 0.872. The second-order valence-corrected chi connectivity index (χ2v) is 15.8. The molecule has 0 bridgehead atoms. The Morgan fingerprint density at radius 3 is 1.45 bits per heavy atom. The van der Waals surface area contributed by atoms with Gasteiger partial charge in [-0.2, -0.15) is 0 Å². The molecule has 0 rings (SSSR count). The molecule has 312 valence electrons. The van der Waals surface area contributed by atoms with E-state index in [0.717, 1.165) is 70.6 Å². The number of unbranched alkanes of at least 4 members (excludes halogenated alkanes) is 25. The van der Waals surface area contributed by atoms with Crippen LogP contribution in [0.2, 0.25) is 0 Å². The number of carbonyl (C=O) groups is 2. The maximum atomic E-state index is 13.1. The van der Waals surface area contributed by atoms with Crippen molar-refractivity contribution in [2.24, 2.45) is 0 Å². The van der Waals surface area contributed by atoms with Crippen LogP contribution in [-0.4, -0.2) is 46.9 Å². The van der Waals surface area contributed by atoms with Crippen molar-refractivity contribution in [3.05, 3.63) is 24.3 Å². The molecule has 3 N–H and O–H groups in total. The first kappa shape index (κ1) is 51.3. The number of aliphatic hydroxyl groups is 2. The Balaban J connectivity index is 4.55. The highest BCUT2D eigenvalue weighted by Crippen LogP contribution is 2.17. The van der Waals surface area contributed by atoms with E-state index in [1.807, 2.05) is 0 Å². The molecule has 0 aromatic carbocycles. The molecule has 0 aromatic heterocycles. The summed E-state index contributed by atoms with van der Waals surface area (Å²) in [5.74, 6) is -0.497. The Labute approximate surface area is 329 Å². The molecule has 1 amide bonds. The first-order valence-corrected chi connectivity index (χ1v) is 23.1. The Morgan fingerprint density at radius 2 is 0.925 bits per heavy atom. The van der Waals surface area contributed by atoms with Crippen LogP contribution in [0.1, 0.15) is 239 Å². The maximum absolute atomic E-state index is 13.1. The van der Waals surface area contributed by atoms with E-state index >= 15 is 0 Å². The molecule has 0 saturated carbocycles. The average molecular weight is 748 g/mol. The minimum absolute atomic E-state index is 0.0663. The third kappa shape index (κ3) is 37.1. The van der Waals surface area contributed by atoms with Gasteiger partial charge < -0.3 is 20.3 Å². The Hall–Kier alpha value is -1.66. The molecule has 3 unspecified atom stereocenters. The predicted molar refractivity (Wildman–Crippen MR) is 227 cm³/mol. The van der Waals surface area contributed by atoms with Crippen LogP contribution in [0.3, 0.4) is 0 Å². The number of carbonyl (C=O) groups excluding carboxylic acids is 2. The van der Waals surface area contributed by atoms with E-state index < -0.39 is 18.2 Å². The quantitative estimate of drug-likeness (QED) is 0.0329. The number of aliphatic hydroxyl groups excluding tert-OH is 2. The van der Waals surface area contributed by atoms with Gasteiger partial charge in [-0.3, -0.25) is 9.59 Å². The summed E-state index contributed by atoms with van der Waals surface area (Å²) in [6.07, 6.45) is 45.2. The van der Waals surface area contributed by atoms with Gasteiger partial charge in [0.05, 0.1) is 25.2 Å². The molecule has 0 radical (unpaired) electrons. The number of hydrogen-bond donors (Lipinski definition) is 3. The Morgan fingerprint density at radius 1 is 0.528 bits per heavy atom. The van der Waals surface area contributed by atoms with Crippen LogP contribution in [0.4, 0.5) is 0 Å². The lowest BCUT2D eigenvalue weighted by Crippen LogP contribution is -2.46. The first-order chi connectivity index (χ1) is 26.0. The molecular weight excluding hydrogens is 659 g/mol. The average Bonchev–Trinajstić information content (AvgIpc) is 3.15. The summed E-state index contributed by atoms with van der Waals surface area (Å²) < 4.78 is 5.88. The molecule has 6 heteroatoms. The third-order valence-electron chi connectivity index (χ3n) is 10.5. The number of esters is 1. The molecule has 3 atom stereocenters. The molecule has 0 saturated heterocycles. The predicted octanol–water partition coefficient (Wildman–Crippen LogP) is 13.2. The van der Waals surface area contributed by atoms with Crippen LogP contribution in [0.15, 0.2) is 24.3 Å². The number of nitrogens with one attached hydrogen (secondary N) is 1. The lowest BCUT2D eigenvalue weighted by atomic mass is 10.0. The molecule has 0 aliphatic rings. The molecule has 0 aromatic rings. The summed E-state index contributed by atoms with van der Waals surface area (Å²) >= 11 is 0. The normalized spacial score (nSPS) is 13.5. The van der Waals surface area contributed by atoms with E-state index in [-0.39, 0.29) is 24.9 Å². The summed E-state index contributed by atoms with van der Waals surface area (Å²) in [4.78, 5) is 25.9. The zero-order valence-electron chi connectivity index (χ0n) is 35.4. The van der Waals surface area contributed by atoms with Gasteiger partial charge in [0, 0.05) is 6.42 Å². The zero-order valence-corrected chi connectivity index (χ0v) is 35.4. The van der Waals surface area contributed by atoms with Crippen LogP contribution in [0.25, 0.3) is 0 Å². The van der Waals surface area contributed by atoms with Crippen molar-refractivity contribution in [1.82, 2.24) is 5.32 Å². The van der Waals surface area contributed by atoms with Crippen LogP contribution in [0.5, 0.6) is 0 Å². The van der Waals surface area contributed by atoms with Gasteiger partial charge in [0.25, 0.3) is 0 Å². The first-order valence-electron chi connectivity index (χ1n) is 23.1. The van der Waals surface area contributed by atoms with Gasteiger partial charge in [-0.25, -0.2) is 0 Å². The van der Waals surface area contributed by atoms with Gasteiger partial charge in [-0.15, -0.1) is 0 Å². The van der Waals surface area contributed by atoms with Crippen LogP contribution in [0, 0.1) is 0 Å². The molecule has 0 fully saturated rings. The molecular formula is C47H89NO5. The van der Waals surface area contributed by atoms with Crippen molar-refractivity contribution >= 4 is 11.9 Å². The van der Waals surface area contributed by atoms with E-state index in [1.165, 1.54) is 122 Å². The fourth-order valence-corrected chi connectivity index (χ4v) is 6.93. The van der Waals surface area contributed by atoms with Crippen LogP contribution in [-0.2, 0) is 14.3 Å². The van der Waals surface area contributed by atoms with Gasteiger partial charge in [-0.1, -0.05) is 180 Å². The fourth-order valence-electron chi connectivity index (χ4n) is 6.93. The Bertz CT molecular complexity index is 843. The van der Waals surface area contributed by atoms with E-state index in [0.29, 0.717) is 19.3 Å². The Kier molecular flexibility index (Phi) is 40.2. The van der Waals surface area contributed by atoms with E-state index in [2.05, 4.69) is 50.4 Å². The monoisotopic (exact) mass is 748 g/mol. The summed E-state index contributed by atoms with van der Waals surface area (Å²) in [6, 6.07) is -0.702. The topological polar surface area (TPSA) is 95.9 Å². The van der Waals surface area contributed by atoms with Gasteiger partial charge in [-0.05, 0) is 70.6 Å². The van der Waals surface area contributed by atoms with E-state index in [1.54, 1.807) is 0 Å². The number of ether oxygens (including phenoxy) is 1. The van der Waals surface area contributed by atoms with Gasteiger partial charge in [0.2, 0.25) is 5.91 Å². The summed E-state index contributed by atoms with van der Waals surface area (Å²) in [5.41, 5.74) is 0. The van der Waals surface area contributed by atoms with Gasteiger partial charge >= 0.3 is 5.97 Å². The van der Waals surface area contributed by atoms with Crippen molar-refractivity contribution in [3.63, 3.8) is 0 Å². The van der Waals surface area contributed by atoms with Crippen molar-refractivity contribution in [2.75, 3.05) is 6.61 Å². The summed E-state index contributed by atoms with van der Waals surface area (Å²) in [6.45, 7) is 6.40. The lowest BCUT2D eigenvalue weighted by Gasteiger charge is -2.24. The van der Waals surface area contributed by atoms with Crippen molar-refractivity contribution in [2.45, 2.75) is 257 Å². The number of rotatable bonds is 41. The molecule has 6 nitrogen and oxygen atoms in total. The maximum Gasteiger partial charge on any atom is 0.306 e. The van der Waals surface area contributed by atoms with E-state index in [9.17, 15) is 19.8 Å².